The van der Waals surface area contributed by atoms with Gasteiger partial charge in [0.25, 0.3) is 0 Å². The Bertz CT molecular complexity index is 15.0. The van der Waals surface area contributed by atoms with Crippen LogP contribution in [0.25, 0.3) is 0 Å². The maximum atomic E-state index is 5.86. The van der Waals surface area contributed by atoms with E-state index in [0.29, 0.717) is 0 Å². The number of nitrogens with two attached hydrogens (primary N) is 1. The van der Waals surface area contributed by atoms with Crippen molar-refractivity contribution in [3.8, 4) is 0 Å². The summed E-state index contributed by atoms with van der Waals surface area (Å²) < 4.78 is 0. The number of nitrogens with one attached hydrogen (secondary N) is 1. The fourth-order valence-corrected chi connectivity index (χ4v) is 0. The first-order valence-electron chi connectivity index (χ1n) is 0.622. The Morgan fingerprint density at radius 3 is 1.33 bits per heavy atom. The van der Waals surface area contributed by atoms with Crippen molar-refractivity contribution < 1.29 is 0 Å². The average molecular weight is 206 g/mol. The Balaban J connectivity index is -0.00000000667. The summed E-state index contributed by atoms with van der Waals surface area (Å²) in [6.07, 6.45) is 0.750. The molecular weight excluding hydrogens is 195 g/mol. The van der Waals surface area contributed by atoms with Gasteiger partial charge in [-0.2, -0.15) is 0 Å². The van der Waals surface area contributed by atoms with Crippen molar-refractivity contribution in [3.63, 3.8) is 0 Å². The minimum Gasteiger partial charge on any atom is -0.390 e. The van der Waals surface area contributed by atoms with Crippen molar-refractivity contribution in [2.24, 2.45) is 5.73 Å². The Kier molecular flexibility index (Phi) is 412. The SMILES string of the molecule is I.N.N.N=CN. The number of hydrogen-bond acceptors (Lipinski definition) is 3. The molecule has 6 heavy (non-hydrogen) atoms. The molecule has 0 radical (unpaired) electrons. The molecule has 0 aromatic carbocycles. The first-order chi connectivity index (χ1) is 1.41. The normalized spacial score (nSPS) is 2.00. The predicted octanol–water partition coefficient (Wildman–Crippen LogP) is 0.494. The van der Waals surface area contributed by atoms with Crippen LogP contribution in [-0.4, -0.2) is 6.34 Å². The molecule has 0 aliphatic carbocycles. The van der Waals surface area contributed by atoms with Crippen LogP contribution in [0.5, 0.6) is 0 Å². The van der Waals surface area contributed by atoms with Gasteiger partial charge in [0.15, 0.2) is 0 Å². The van der Waals surface area contributed by atoms with Gasteiger partial charge in [-0.15, -0.1) is 24.0 Å². The van der Waals surface area contributed by atoms with Crippen molar-refractivity contribution in [2.45, 2.75) is 0 Å². The highest BCUT2D eigenvalue weighted by molar-refractivity contribution is 14.0. The molecule has 0 bridgehead atoms. The standard InChI is InChI=1S/CH4N2.HI.2H3N/c2-1-3;;;/h1H,(H3,2,3);1H;2*1H3. The topological polar surface area (TPSA) is 120 Å². The lowest BCUT2D eigenvalue weighted by Crippen LogP contribution is -1.81. The Hall–Kier alpha value is 0.120. The third-order valence-corrected chi connectivity index (χ3v) is 0. The summed E-state index contributed by atoms with van der Waals surface area (Å²) in [5.41, 5.74) is 4.39. The van der Waals surface area contributed by atoms with Crippen LogP contribution < -0.4 is 18.0 Å². The summed E-state index contributed by atoms with van der Waals surface area (Å²) >= 11 is 0. The van der Waals surface area contributed by atoms with Crippen molar-refractivity contribution >= 4 is 30.3 Å². The minimum absolute atomic E-state index is 0. The van der Waals surface area contributed by atoms with E-state index in [9.17, 15) is 0 Å². The van der Waals surface area contributed by atoms with Gasteiger partial charge in [-0.1, -0.05) is 0 Å². The largest absolute Gasteiger partial charge is 0.390 e. The molecule has 0 spiro atoms. The molecule has 0 rings (SSSR count). The second-order valence-corrected chi connectivity index (χ2v) is 0.167. The number of halogens is 1. The van der Waals surface area contributed by atoms with E-state index in [1.54, 1.807) is 0 Å². The first-order valence-corrected chi connectivity index (χ1v) is 0.622. The van der Waals surface area contributed by atoms with Crippen LogP contribution >= 0.6 is 24.0 Å². The van der Waals surface area contributed by atoms with Crippen molar-refractivity contribution in [3.05, 3.63) is 0 Å². The summed E-state index contributed by atoms with van der Waals surface area (Å²) in [5, 5.41) is 5.86. The molecule has 0 saturated carbocycles. The van der Waals surface area contributed by atoms with Crippen LogP contribution in [0.4, 0.5) is 0 Å². The van der Waals surface area contributed by atoms with Crippen molar-refractivity contribution in [1.29, 1.82) is 5.41 Å². The first kappa shape index (κ1) is 35.7. The lowest BCUT2D eigenvalue weighted by molar-refractivity contribution is 1.52. The van der Waals surface area contributed by atoms with Crippen LogP contribution in [0.15, 0.2) is 0 Å². The summed E-state index contributed by atoms with van der Waals surface area (Å²) in [6.45, 7) is 0. The summed E-state index contributed by atoms with van der Waals surface area (Å²) in [7, 11) is 0. The molecular formula is CH11IN4. The third kappa shape index (κ3) is 2790. The van der Waals surface area contributed by atoms with E-state index in [1.165, 1.54) is 0 Å². The molecule has 0 unspecified atom stereocenters. The molecule has 0 saturated heterocycles. The van der Waals surface area contributed by atoms with Crippen molar-refractivity contribution in [1.82, 2.24) is 12.3 Å². The molecule has 0 amide bonds. The third-order valence-electron chi connectivity index (χ3n) is 0. The van der Waals surface area contributed by atoms with Crippen LogP contribution in [0.1, 0.15) is 0 Å². The molecule has 9 N–H and O–H groups in total. The van der Waals surface area contributed by atoms with Gasteiger partial charge >= 0.3 is 0 Å². The fraction of sp³-hybridized carbons (Fsp3) is 0. The highest BCUT2D eigenvalue weighted by Gasteiger charge is 1.10. The maximum Gasteiger partial charge on any atom is 0.0765 e. The smallest absolute Gasteiger partial charge is 0.0765 e. The molecule has 42 valence electrons. The Morgan fingerprint density at radius 1 is 1.33 bits per heavy atom. The van der Waals surface area contributed by atoms with E-state index in [4.69, 9.17) is 5.41 Å². The average Bonchev–Trinajstić information content (AvgIpc) is 0.918. The van der Waals surface area contributed by atoms with Gasteiger partial charge in [-0.3, -0.25) is 5.41 Å². The zero-order valence-corrected chi connectivity index (χ0v) is 5.81. The Morgan fingerprint density at radius 2 is 1.33 bits per heavy atom. The molecule has 0 atom stereocenters. The van der Waals surface area contributed by atoms with Gasteiger partial charge in [0.2, 0.25) is 0 Å². The van der Waals surface area contributed by atoms with E-state index in [-0.39, 0.29) is 36.3 Å². The zero-order chi connectivity index (χ0) is 2.71. The van der Waals surface area contributed by atoms with Gasteiger partial charge in [0.1, 0.15) is 0 Å². The summed E-state index contributed by atoms with van der Waals surface area (Å²) in [4.78, 5) is 0. The number of hydrogen-bond donors (Lipinski definition) is 4. The summed E-state index contributed by atoms with van der Waals surface area (Å²) in [5.74, 6) is 0. The lowest BCUT2D eigenvalue weighted by Gasteiger charge is -1.38. The van der Waals surface area contributed by atoms with E-state index in [2.05, 4.69) is 5.73 Å². The molecule has 0 heterocycles. The Labute approximate surface area is 54.2 Å². The quantitative estimate of drug-likeness (QED) is 0.262. The highest BCUT2D eigenvalue weighted by atomic mass is 127. The van der Waals surface area contributed by atoms with E-state index in [1.807, 2.05) is 0 Å². The molecule has 0 aliphatic heterocycles. The van der Waals surface area contributed by atoms with Gasteiger partial charge in [-0.25, -0.2) is 0 Å². The second kappa shape index (κ2) is 69.3. The molecule has 0 aromatic heterocycles. The monoisotopic (exact) mass is 206 g/mol. The van der Waals surface area contributed by atoms with E-state index in [0.717, 1.165) is 6.34 Å². The maximum absolute atomic E-state index is 5.86. The second-order valence-electron chi connectivity index (χ2n) is 0.167. The molecule has 0 aliphatic rings. The van der Waals surface area contributed by atoms with Crippen LogP contribution in [0, 0.1) is 5.41 Å². The number of rotatable bonds is 0. The minimum atomic E-state index is 0. The van der Waals surface area contributed by atoms with E-state index >= 15 is 0 Å². The highest BCUT2D eigenvalue weighted by Crippen LogP contribution is 0.886. The van der Waals surface area contributed by atoms with E-state index < -0.39 is 0 Å². The predicted molar refractivity (Wildman–Crippen MR) is 38.4 cm³/mol. The molecule has 0 fully saturated rings. The summed E-state index contributed by atoms with van der Waals surface area (Å²) in [6, 6.07) is 0. The van der Waals surface area contributed by atoms with Gasteiger partial charge in [-0.05, 0) is 0 Å². The molecule has 4 nitrogen and oxygen atoms in total. The van der Waals surface area contributed by atoms with Crippen LogP contribution in [0.3, 0.4) is 0 Å². The van der Waals surface area contributed by atoms with Gasteiger partial charge in [0, 0.05) is 0 Å². The van der Waals surface area contributed by atoms with Gasteiger partial charge in [0.05, 0.1) is 6.34 Å². The zero-order valence-electron chi connectivity index (χ0n) is 3.48. The molecule has 5 heteroatoms. The van der Waals surface area contributed by atoms with Crippen LogP contribution in [0.2, 0.25) is 0 Å². The fourth-order valence-electron chi connectivity index (χ4n) is 0. The van der Waals surface area contributed by atoms with Crippen LogP contribution in [-0.2, 0) is 0 Å². The molecule has 0 aromatic rings. The lowest BCUT2D eigenvalue weighted by atomic mass is 11.4. The van der Waals surface area contributed by atoms with Crippen molar-refractivity contribution in [2.75, 3.05) is 0 Å². The van der Waals surface area contributed by atoms with Gasteiger partial charge < -0.3 is 18.0 Å².